The normalized spacial score (nSPS) is 49.1. The van der Waals surface area contributed by atoms with Gasteiger partial charge in [0.15, 0.2) is 18.9 Å². The molecule has 7 heteroatoms. The average molecular weight is 276 g/mol. The summed E-state index contributed by atoms with van der Waals surface area (Å²) in [5, 5.41) is 0. The Kier molecular flexibility index (Phi) is 4.04. The molecule has 110 valence electrons. The molecule has 3 saturated heterocycles. The van der Waals surface area contributed by atoms with Crippen LogP contribution in [0.15, 0.2) is 0 Å². The maximum atomic E-state index is 5.84. The summed E-state index contributed by atoms with van der Waals surface area (Å²) < 4.78 is 38.8. The highest BCUT2D eigenvalue weighted by molar-refractivity contribution is 4.97. The van der Waals surface area contributed by atoms with Gasteiger partial charge in [0.2, 0.25) is 0 Å². The number of hydrogen-bond acceptors (Lipinski definition) is 7. The van der Waals surface area contributed by atoms with Gasteiger partial charge in [-0.1, -0.05) is 0 Å². The molecule has 0 aliphatic carbocycles. The maximum absolute atomic E-state index is 5.84. The first-order valence-electron chi connectivity index (χ1n) is 6.48. The maximum Gasteiger partial charge on any atom is 0.190 e. The molecular formula is C12H20O7. The highest BCUT2D eigenvalue weighted by Gasteiger charge is 2.57. The van der Waals surface area contributed by atoms with Crippen molar-refractivity contribution in [3.63, 3.8) is 0 Å². The van der Waals surface area contributed by atoms with Gasteiger partial charge in [0, 0.05) is 14.2 Å². The fourth-order valence-electron chi connectivity index (χ4n) is 2.75. The summed E-state index contributed by atoms with van der Waals surface area (Å²) in [4.78, 5) is 0. The number of rotatable bonds is 4. The summed E-state index contributed by atoms with van der Waals surface area (Å²) in [5.74, 6) is 0. The summed E-state index contributed by atoms with van der Waals surface area (Å²) in [6.45, 7) is 2.71. The average Bonchev–Trinajstić information content (AvgIpc) is 2.89. The number of ether oxygens (including phenoxy) is 7. The minimum absolute atomic E-state index is 0.0856. The van der Waals surface area contributed by atoms with Crippen LogP contribution in [0.4, 0.5) is 0 Å². The molecule has 7 atom stereocenters. The second-order valence-corrected chi connectivity index (χ2v) is 4.92. The largest absolute Gasteiger partial charge is 0.379 e. The molecular weight excluding hydrogens is 256 g/mol. The molecule has 0 aromatic rings. The van der Waals surface area contributed by atoms with E-state index in [9.17, 15) is 0 Å². The standard InChI is InChI=1S/C12H20O7/c1-6-9-10(16-7(15-6)4-13-2)11-12(19-9)18-8(17-11)5-14-3/h6-12H,4-5H2,1-3H3. The minimum Gasteiger partial charge on any atom is -0.379 e. The molecule has 0 aromatic carbocycles. The van der Waals surface area contributed by atoms with Gasteiger partial charge in [-0.3, -0.25) is 0 Å². The lowest BCUT2D eigenvalue weighted by atomic mass is 10.1. The van der Waals surface area contributed by atoms with E-state index in [1.807, 2.05) is 6.92 Å². The number of hydrogen-bond donors (Lipinski definition) is 0. The van der Waals surface area contributed by atoms with Crippen LogP contribution in [-0.2, 0) is 33.2 Å². The lowest BCUT2D eigenvalue weighted by Crippen LogP contribution is -2.51. The molecule has 0 saturated carbocycles. The molecule has 3 aliphatic heterocycles. The van der Waals surface area contributed by atoms with Crippen molar-refractivity contribution in [2.75, 3.05) is 27.4 Å². The quantitative estimate of drug-likeness (QED) is 0.709. The molecule has 0 N–H and O–H groups in total. The predicted molar refractivity (Wildman–Crippen MR) is 61.4 cm³/mol. The van der Waals surface area contributed by atoms with Gasteiger partial charge in [0.1, 0.15) is 18.3 Å². The van der Waals surface area contributed by atoms with E-state index in [2.05, 4.69) is 0 Å². The molecule has 3 fully saturated rings. The lowest BCUT2D eigenvalue weighted by Gasteiger charge is -2.37. The van der Waals surface area contributed by atoms with Gasteiger partial charge < -0.3 is 33.2 Å². The van der Waals surface area contributed by atoms with Crippen molar-refractivity contribution in [1.29, 1.82) is 0 Å². The van der Waals surface area contributed by atoms with Crippen LogP contribution in [0, 0.1) is 0 Å². The molecule has 3 heterocycles. The van der Waals surface area contributed by atoms with Gasteiger partial charge in [-0.2, -0.15) is 0 Å². The van der Waals surface area contributed by atoms with E-state index < -0.39 is 18.9 Å². The van der Waals surface area contributed by atoms with Crippen LogP contribution in [-0.4, -0.2) is 70.7 Å². The third-order valence-electron chi connectivity index (χ3n) is 3.55. The van der Waals surface area contributed by atoms with E-state index in [0.717, 1.165) is 0 Å². The Morgan fingerprint density at radius 2 is 1.37 bits per heavy atom. The predicted octanol–water partition coefficient (Wildman–Crippen LogP) is -0.124. The first-order chi connectivity index (χ1) is 9.22. The van der Waals surface area contributed by atoms with Crippen molar-refractivity contribution >= 4 is 0 Å². The molecule has 0 radical (unpaired) electrons. The second-order valence-electron chi connectivity index (χ2n) is 4.92. The Hall–Kier alpha value is -0.280. The van der Waals surface area contributed by atoms with Crippen LogP contribution >= 0.6 is 0 Å². The third-order valence-corrected chi connectivity index (χ3v) is 3.55. The van der Waals surface area contributed by atoms with Crippen molar-refractivity contribution in [1.82, 2.24) is 0 Å². The Bertz CT molecular complexity index is 312. The van der Waals surface area contributed by atoms with Crippen LogP contribution in [0.25, 0.3) is 0 Å². The van der Waals surface area contributed by atoms with E-state index in [0.29, 0.717) is 13.2 Å². The van der Waals surface area contributed by atoms with Crippen molar-refractivity contribution < 1.29 is 33.2 Å². The molecule has 0 amide bonds. The fraction of sp³-hybridized carbons (Fsp3) is 1.00. The zero-order chi connectivity index (χ0) is 13.4. The molecule has 0 bridgehead atoms. The molecule has 7 nitrogen and oxygen atoms in total. The van der Waals surface area contributed by atoms with Crippen LogP contribution in [0.5, 0.6) is 0 Å². The van der Waals surface area contributed by atoms with Crippen molar-refractivity contribution in [2.24, 2.45) is 0 Å². The summed E-state index contributed by atoms with van der Waals surface area (Å²) in [6.07, 6.45) is -1.91. The Balaban J connectivity index is 1.65. The van der Waals surface area contributed by atoms with Crippen LogP contribution < -0.4 is 0 Å². The summed E-state index contributed by atoms with van der Waals surface area (Å²) in [5.41, 5.74) is 0. The van der Waals surface area contributed by atoms with E-state index in [-0.39, 0.29) is 24.4 Å². The molecule has 3 aliphatic rings. The van der Waals surface area contributed by atoms with E-state index in [1.54, 1.807) is 14.2 Å². The Morgan fingerprint density at radius 1 is 0.737 bits per heavy atom. The molecule has 7 unspecified atom stereocenters. The Morgan fingerprint density at radius 3 is 2.05 bits per heavy atom. The van der Waals surface area contributed by atoms with Gasteiger partial charge in [-0.15, -0.1) is 0 Å². The zero-order valence-electron chi connectivity index (χ0n) is 11.3. The highest BCUT2D eigenvalue weighted by atomic mass is 16.9. The van der Waals surface area contributed by atoms with Crippen molar-refractivity contribution in [3.05, 3.63) is 0 Å². The van der Waals surface area contributed by atoms with E-state index in [4.69, 9.17) is 33.2 Å². The van der Waals surface area contributed by atoms with Crippen LogP contribution in [0.1, 0.15) is 6.92 Å². The lowest BCUT2D eigenvalue weighted by molar-refractivity contribution is -0.302. The van der Waals surface area contributed by atoms with Crippen molar-refractivity contribution in [3.8, 4) is 0 Å². The minimum atomic E-state index is -0.414. The molecule has 0 spiro atoms. The van der Waals surface area contributed by atoms with E-state index >= 15 is 0 Å². The number of methoxy groups -OCH3 is 2. The first-order valence-corrected chi connectivity index (χ1v) is 6.48. The van der Waals surface area contributed by atoms with E-state index in [1.165, 1.54) is 0 Å². The number of fused-ring (bicyclic) bond motifs is 3. The highest BCUT2D eigenvalue weighted by Crippen LogP contribution is 2.39. The smallest absolute Gasteiger partial charge is 0.190 e. The third kappa shape index (κ3) is 2.52. The second kappa shape index (κ2) is 5.61. The Labute approximate surface area is 112 Å². The van der Waals surface area contributed by atoms with Gasteiger partial charge in [-0.05, 0) is 6.92 Å². The van der Waals surface area contributed by atoms with Crippen molar-refractivity contribution in [2.45, 2.75) is 50.2 Å². The fourth-order valence-corrected chi connectivity index (χ4v) is 2.75. The zero-order valence-corrected chi connectivity index (χ0v) is 11.3. The van der Waals surface area contributed by atoms with Crippen LogP contribution in [0.3, 0.4) is 0 Å². The van der Waals surface area contributed by atoms with Gasteiger partial charge in [0.05, 0.1) is 19.3 Å². The van der Waals surface area contributed by atoms with Gasteiger partial charge in [0.25, 0.3) is 0 Å². The molecule has 3 rings (SSSR count). The first kappa shape index (κ1) is 13.7. The molecule has 19 heavy (non-hydrogen) atoms. The topological polar surface area (TPSA) is 64.6 Å². The monoisotopic (exact) mass is 276 g/mol. The molecule has 0 aromatic heterocycles. The summed E-state index contributed by atoms with van der Waals surface area (Å²) >= 11 is 0. The SMILES string of the molecule is COCC1OC2OC3C(C)OC(COC)OC3C2O1. The van der Waals surface area contributed by atoms with Crippen LogP contribution in [0.2, 0.25) is 0 Å². The summed E-state index contributed by atoms with van der Waals surface area (Å²) in [7, 11) is 3.22. The summed E-state index contributed by atoms with van der Waals surface area (Å²) in [6, 6.07) is 0. The van der Waals surface area contributed by atoms with Gasteiger partial charge >= 0.3 is 0 Å². The van der Waals surface area contributed by atoms with Gasteiger partial charge in [-0.25, -0.2) is 0 Å².